The fraction of sp³-hybridized carbons (Fsp3) is 0.750. The van der Waals surface area contributed by atoms with E-state index in [1.807, 2.05) is 0 Å². The van der Waals surface area contributed by atoms with Crippen LogP contribution < -0.4 is 10.6 Å². The second kappa shape index (κ2) is 9.31. The summed E-state index contributed by atoms with van der Waals surface area (Å²) in [5.74, 6) is 2.84. The third-order valence-electron chi connectivity index (χ3n) is 5.92. The maximum atomic E-state index is 12.6. The molecule has 7 nitrogen and oxygen atoms in total. The zero-order valence-corrected chi connectivity index (χ0v) is 17.2. The van der Waals surface area contributed by atoms with E-state index in [4.69, 9.17) is 4.74 Å². The number of hydrogen-bond donors (Lipinski definition) is 2. The molecule has 0 radical (unpaired) electrons. The summed E-state index contributed by atoms with van der Waals surface area (Å²) in [5, 5.41) is 10.6. The number of carbonyl (C=O) groups excluding carboxylic acids is 2. The van der Waals surface area contributed by atoms with Crippen LogP contribution in [0, 0.1) is 5.92 Å². The highest BCUT2D eigenvalue weighted by Gasteiger charge is 2.26. The molecule has 1 aliphatic carbocycles. The van der Waals surface area contributed by atoms with Crippen molar-refractivity contribution in [3.63, 3.8) is 0 Å². The lowest BCUT2D eigenvalue weighted by molar-refractivity contribution is -0.122. The quantitative estimate of drug-likeness (QED) is 0.727. The Kier molecular flexibility index (Phi) is 6.57. The van der Waals surface area contributed by atoms with Crippen LogP contribution in [-0.4, -0.2) is 40.9 Å². The molecule has 2 aliphatic heterocycles. The van der Waals surface area contributed by atoms with Crippen LogP contribution in [0.2, 0.25) is 0 Å². The molecule has 154 valence electrons. The molecule has 0 bridgehead atoms. The van der Waals surface area contributed by atoms with E-state index in [2.05, 4.69) is 15.7 Å². The number of fused-ring (bicyclic) bond motifs is 1. The van der Waals surface area contributed by atoms with Gasteiger partial charge in [-0.15, -0.1) is 0 Å². The molecule has 1 saturated heterocycles. The molecule has 3 heterocycles. The summed E-state index contributed by atoms with van der Waals surface area (Å²) in [6, 6.07) is 0. The van der Waals surface area contributed by atoms with Crippen LogP contribution in [0.15, 0.2) is 0 Å². The molecule has 8 heteroatoms. The van der Waals surface area contributed by atoms with Gasteiger partial charge < -0.3 is 15.4 Å². The highest BCUT2D eigenvalue weighted by atomic mass is 32.2. The van der Waals surface area contributed by atoms with Crippen molar-refractivity contribution in [2.75, 3.05) is 18.5 Å². The van der Waals surface area contributed by atoms with Gasteiger partial charge in [0.05, 0.1) is 11.8 Å². The Morgan fingerprint density at radius 3 is 2.75 bits per heavy atom. The van der Waals surface area contributed by atoms with E-state index in [9.17, 15) is 9.59 Å². The number of ether oxygens (including phenoxy) is 1. The van der Waals surface area contributed by atoms with Crippen LogP contribution in [0.3, 0.4) is 0 Å². The van der Waals surface area contributed by atoms with Crippen molar-refractivity contribution in [1.82, 2.24) is 15.1 Å². The van der Waals surface area contributed by atoms with Gasteiger partial charge in [0, 0.05) is 36.6 Å². The van der Waals surface area contributed by atoms with Gasteiger partial charge in [0.15, 0.2) is 0 Å². The summed E-state index contributed by atoms with van der Waals surface area (Å²) >= 11 is 1.80. The van der Waals surface area contributed by atoms with E-state index in [0.717, 1.165) is 55.1 Å². The largest absolute Gasteiger partial charge is 0.376 e. The normalized spacial score (nSPS) is 22.2. The first kappa shape index (κ1) is 19.8. The predicted octanol–water partition coefficient (Wildman–Crippen LogP) is 2.83. The van der Waals surface area contributed by atoms with Crippen LogP contribution in [0.5, 0.6) is 0 Å². The molecular formula is C20H30N4O3S. The molecule has 2 fully saturated rings. The number of aromatic nitrogens is 2. The Hall–Kier alpha value is -1.54. The number of anilines is 1. The van der Waals surface area contributed by atoms with Crippen LogP contribution in [0.1, 0.15) is 62.6 Å². The Balaban J connectivity index is 1.37. The van der Waals surface area contributed by atoms with Crippen LogP contribution in [-0.2, 0) is 32.4 Å². The maximum absolute atomic E-state index is 12.6. The van der Waals surface area contributed by atoms with Gasteiger partial charge in [-0.25, -0.2) is 4.68 Å². The second-order valence-corrected chi connectivity index (χ2v) is 9.11. The summed E-state index contributed by atoms with van der Waals surface area (Å²) in [6.07, 6.45) is 8.78. The average Bonchev–Trinajstić information content (AvgIpc) is 3.41. The van der Waals surface area contributed by atoms with E-state index in [1.54, 1.807) is 16.4 Å². The summed E-state index contributed by atoms with van der Waals surface area (Å²) in [5.41, 5.74) is 2.07. The van der Waals surface area contributed by atoms with Gasteiger partial charge in [0.2, 0.25) is 11.8 Å². The molecule has 4 rings (SSSR count). The molecule has 0 spiro atoms. The van der Waals surface area contributed by atoms with E-state index in [1.165, 1.54) is 19.3 Å². The second-order valence-electron chi connectivity index (χ2n) is 8.12. The molecule has 1 aromatic rings. The van der Waals surface area contributed by atoms with Gasteiger partial charge in [-0.05, 0) is 31.6 Å². The minimum absolute atomic E-state index is 0.0486. The molecular weight excluding hydrogens is 376 g/mol. The summed E-state index contributed by atoms with van der Waals surface area (Å²) in [6.45, 7) is 1.45. The van der Waals surface area contributed by atoms with Gasteiger partial charge in [-0.3, -0.25) is 9.59 Å². The monoisotopic (exact) mass is 406 g/mol. The van der Waals surface area contributed by atoms with Crippen molar-refractivity contribution in [2.45, 2.75) is 75.5 Å². The SMILES string of the molecule is O=C(Cn1nc2c(c1NC(=O)CC1CCCCC1)CSC2)NCC1CCCO1. The van der Waals surface area contributed by atoms with Crippen LogP contribution >= 0.6 is 11.8 Å². The van der Waals surface area contributed by atoms with Crippen molar-refractivity contribution >= 4 is 29.4 Å². The number of hydrogen-bond acceptors (Lipinski definition) is 5. The fourth-order valence-corrected chi connectivity index (χ4v) is 5.42. The van der Waals surface area contributed by atoms with Gasteiger partial charge in [0.25, 0.3) is 0 Å². The van der Waals surface area contributed by atoms with Gasteiger partial charge in [-0.1, -0.05) is 19.3 Å². The lowest BCUT2D eigenvalue weighted by Gasteiger charge is -2.21. The Bertz CT molecular complexity index is 709. The lowest BCUT2D eigenvalue weighted by Crippen LogP contribution is -2.34. The molecule has 0 aromatic carbocycles. The number of carbonyl (C=O) groups is 2. The highest BCUT2D eigenvalue weighted by molar-refractivity contribution is 7.98. The van der Waals surface area contributed by atoms with E-state index in [-0.39, 0.29) is 24.5 Å². The smallest absolute Gasteiger partial charge is 0.241 e. The minimum atomic E-state index is -0.0906. The Labute approximate surface area is 170 Å². The Morgan fingerprint density at radius 2 is 1.96 bits per heavy atom. The molecule has 1 saturated carbocycles. The number of rotatable bonds is 7. The number of nitrogens with one attached hydrogen (secondary N) is 2. The molecule has 1 unspecified atom stereocenters. The molecule has 28 heavy (non-hydrogen) atoms. The van der Waals surface area contributed by atoms with Crippen LogP contribution in [0.4, 0.5) is 5.82 Å². The first-order valence-corrected chi connectivity index (χ1v) is 11.7. The summed E-state index contributed by atoms with van der Waals surface area (Å²) < 4.78 is 7.23. The number of nitrogens with zero attached hydrogens (tertiary/aromatic N) is 2. The van der Waals surface area contributed by atoms with E-state index < -0.39 is 0 Å². The molecule has 2 N–H and O–H groups in total. The zero-order valence-electron chi connectivity index (χ0n) is 16.4. The lowest BCUT2D eigenvalue weighted by atomic mass is 9.87. The first-order valence-electron chi connectivity index (χ1n) is 10.5. The third-order valence-corrected chi connectivity index (χ3v) is 6.89. The van der Waals surface area contributed by atoms with E-state index in [0.29, 0.717) is 24.7 Å². The van der Waals surface area contributed by atoms with Crippen molar-refractivity contribution in [2.24, 2.45) is 5.92 Å². The predicted molar refractivity (Wildman–Crippen MR) is 109 cm³/mol. The fourth-order valence-electron chi connectivity index (χ4n) is 4.38. The topological polar surface area (TPSA) is 85.2 Å². The Morgan fingerprint density at radius 1 is 1.11 bits per heavy atom. The van der Waals surface area contributed by atoms with Gasteiger partial charge in [0.1, 0.15) is 12.4 Å². The van der Waals surface area contributed by atoms with Crippen molar-refractivity contribution < 1.29 is 14.3 Å². The van der Waals surface area contributed by atoms with Crippen LogP contribution in [0.25, 0.3) is 0 Å². The molecule has 3 aliphatic rings. The van der Waals surface area contributed by atoms with Crippen molar-refractivity contribution in [1.29, 1.82) is 0 Å². The first-order chi connectivity index (χ1) is 13.7. The zero-order chi connectivity index (χ0) is 19.3. The average molecular weight is 407 g/mol. The maximum Gasteiger partial charge on any atom is 0.241 e. The summed E-state index contributed by atoms with van der Waals surface area (Å²) in [7, 11) is 0. The number of amides is 2. The standard InChI is InChI=1S/C20H30N4O3S/c25-18(9-14-5-2-1-3-6-14)22-20-16-12-28-13-17(16)23-24(20)11-19(26)21-10-15-7-4-8-27-15/h14-15H,1-13H2,(H,21,26)(H,22,25). The van der Waals surface area contributed by atoms with E-state index >= 15 is 0 Å². The third kappa shape index (κ3) is 4.89. The molecule has 2 amide bonds. The van der Waals surface area contributed by atoms with Crippen molar-refractivity contribution in [3.8, 4) is 0 Å². The summed E-state index contributed by atoms with van der Waals surface area (Å²) in [4.78, 5) is 25.0. The van der Waals surface area contributed by atoms with Gasteiger partial charge >= 0.3 is 0 Å². The minimum Gasteiger partial charge on any atom is -0.376 e. The van der Waals surface area contributed by atoms with Gasteiger partial charge in [-0.2, -0.15) is 16.9 Å². The highest BCUT2D eigenvalue weighted by Crippen LogP contribution is 2.35. The number of thioether (sulfide) groups is 1. The molecule has 1 atom stereocenters. The van der Waals surface area contributed by atoms with Crippen molar-refractivity contribution in [3.05, 3.63) is 11.3 Å². The molecule has 1 aromatic heterocycles.